The van der Waals surface area contributed by atoms with Gasteiger partial charge in [-0.05, 0) is 62.6 Å². The second-order valence-electron chi connectivity index (χ2n) is 5.78. The molecule has 1 saturated heterocycles. The van der Waals surface area contributed by atoms with Crippen molar-refractivity contribution in [2.24, 2.45) is 0 Å². The Balaban J connectivity index is 1.68. The SMILES string of the molecule is C[C@H]1CCCCN1c1ccc(NC(=O)c2cccnc2)cc1. The van der Waals surface area contributed by atoms with E-state index in [1.165, 1.54) is 24.9 Å². The Bertz CT molecular complexity index is 625. The number of hydrogen-bond acceptors (Lipinski definition) is 3. The number of nitrogens with zero attached hydrogens (tertiary/aromatic N) is 2. The maximum absolute atomic E-state index is 12.1. The third-order valence-electron chi connectivity index (χ3n) is 4.18. The van der Waals surface area contributed by atoms with Gasteiger partial charge in [-0.15, -0.1) is 0 Å². The van der Waals surface area contributed by atoms with Crippen molar-refractivity contribution in [1.29, 1.82) is 0 Å². The summed E-state index contributed by atoms with van der Waals surface area (Å²) >= 11 is 0. The molecule has 0 saturated carbocycles. The molecular weight excluding hydrogens is 274 g/mol. The minimum absolute atomic E-state index is 0.132. The lowest BCUT2D eigenvalue weighted by Crippen LogP contribution is -2.37. The predicted molar refractivity (Wildman–Crippen MR) is 89.3 cm³/mol. The molecule has 0 spiro atoms. The molecule has 2 aromatic rings. The normalized spacial score (nSPS) is 18.0. The zero-order valence-electron chi connectivity index (χ0n) is 12.8. The topological polar surface area (TPSA) is 45.2 Å². The summed E-state index contributed by atoms with van der Waals surface area (Å²) < 4.78 is 0. The van der Waals surface area contributed by atoms with Gasteiger partial charge in [0.2, 0.25) is 0 Å². The molecule has 0 bridgehead atoms. The van der Waals surface area contributed by atoms with Crippen LogP contribution in [0.5, 0.6) is 0 Å². The fourth-order valence-corrected chi connectivity index (χ4v) is 2.92. The van der Waals surface area contributed by atoms with Crippen LogP contribution in [0.25, 0.3) is 0 Å². The number of carbonyl (C=O) groups excluding carboxylic acids is 1. The highest BCUT2D eigenvalue weighted by molar-refractivity contribution is 6.04. The molecule has 1 fully saturated rings. The highest BCUT2D eigenvalue weighted by Gasteiger charge is 2.18. The van der Waals surface area contributed by atoms with E-state index in [1.54, 1.807) is 24.5 Å². The summed E-state index contributed by atoms with van der Waals surface area (Å²) in [7, 11) is 0. The van der Waals surface area contributed by atoms with Gasteiger partial charge in [0.25, 0.3) is 5.91 Å². The van der Waals surface area contributed by atoms with Crippen LogP contribution >= 0.6 is 0 Å². The Morgan fingerprint density at radius 2 is 2.05 bits per heavy atom. The van der Waals surface area contributed by atoms with Crippen LogP contribution in [0.15, 0.2) is 48.8 Å². The average Bonchev–Trinajstić information content (AvgIpc) is 2.57. The molecule has 1 amide bonds. The zero-order chi connectivity index (χ0) is 15.4. The van der Waals surface area contributed by atoms with Crippen molar-refractivity contribution in [1.82, 2.24) is 4.98 Å². The molecule has 0 radical (unpaired) electrons. The van der Waals surface area contributed by atoms with E-state index in [4.69, 9.17) is 0 Å². The molecule has 1 N–H and O–H groups in total. The van der Waals surface area contributed by atoms with Gasteiger partial charge in [-0.25, -0.2) is 0 Å². The molecule has 22 heavy (non-hydrogen) atoms. The number of hydrogen-bond donors (Lipinski definition) is 1. The highest BCUT2D eigenvalue weighted by atomic mass is 16.1. The lowest BCUT2D eigenvalue weighted by molar-refractivity contribution is 0.102. The minimum Gasteiger partial charge on any atom is -0.369 e. The van der Waals surface area contributed by atoms with Crippen molar-refractivity contribution < 1.29 is 4.79 Å². The van der Waals surface area contributed by atoms with Crippen molar-refractivity contribution in [2.45, 2.75) is 32.2 Å². The van der Waals surface area contributed by atoms with E-state index in [0.29, 0.717) is 11.6 Å². The van der Waals surface area contributed by atoms with Gasteiger partial charge in [-0.3, -0.25) is 9.78 Å². The van der Waals surface area contributed by atoms with Crippen molar-refractivity contribution in [2.75, 3.05) is 16.8 Å². The molecule has 114 valence electrons. The molecule has 1 atom stereocenters. The number of rotatable bonds is 3. The fraction of sp³-hybridized carbons (Fsp3) is 0.333. The van der Waals surface area contributed by atoms with E-state index < -0.39 is 0 Å². The molecule has 2 heterocycles. The van der Waals surface area contributed by atoms with Crippen LogP contribution in [0.3, 0.4) is 0 Å². The Morgan fingerprint density at radius 3 is 2.73 bits per heavy atom. The van der Waals surface area contributed by atoms with Gasteiger partial charge >= 0.3 is 0 Å². The number of nitrogens with one attached hydrogen (secondary N) is 1. The van der Waals surface area contributed by atoms with E-state index in [2.05, 4.69) is 34.3 Å². The number of pyridine rings is 1. The molecular formula is C18H21N3O. The van der Waals surface area contributed by atoms with Gasteiger partial charge in [0.15, 0.2) is 0 Å². The Morgan fingerprint density at radius 1 is 1.23 bits per heavy atom. The lowest BCUT2D eigenvalue weighted by atomic mass is 10.0. The second kappa shape index (κ2) is 6.60. The number of amides is 1. The van der Waals surface area contributed by atoms with Gasteiger partial charge in [0.1, 0.15) is 0 Å². The first-order valence-electron chi connectivity index (χ1n) is 7.82. The largest absolute Gasteiger partial charge is 0.369 e. The zero-order valence-corrected chi connectivity index (χ0v) is 12.8. The Hall–Kier alpha value is -2.36. The Kier molecular flexibility index (Phi) is 4.37. The van der Waals surface area contributed by atoms with Crippen LogP contribution in [-0.4, -0.2) is 23.5 Å². The maximum Gasteiger partial charge on any atom is 0.257 e. The van der Waals surface area contributed by atoms with Gasteiger partial charge < -0.3 is 10.2 Å². The molecule has 4 nitrogen and oxygen atoms in total. The number of aromatic nitrogens is 1. The molecule has 0 unspecified atom stereocenters. The number of carbonyl (C=O) groups is 1. The molecule has 1 aliphatic rings. The van der Waals surface area contributed by atoms with E-state index >= 15 is 0 Å². The summed E-state index contributed by atoms with van der Waals surface area (Å²) in [6.45, 7) is 3.39. The maximum atomic E-state index is 12.1. The van der Waals surface area contributed by atoms with Crippen molar-refractivity contribution in [3.63, 3.8) is 0 Å². The summed E-state index contributed by atoms with van der Waals surface area (Å²) in [5, 5.41) is 2.90. The smallest absolute Gasteiger partial charge is 0.257 e. The van der Waals surface area contributed by atoms with E-state index in [0.717, 1.165) is 12.2 Å². The first-order valence-corrected chi connectivity index (χ1v) is 7.82. The monoisotopic (exact) mass is 295 g/mol. The molecule has 0 aliphatic carbocycles. The van der Waals surface area contributed by atoms with Crippen LogP contribution in [0.4, 0.5) is 11.4 Å². The first kappa shape index (κ1) is 14.6. The molecule has 1 aromatic carbocycles. The fourth-order valence-electron chi connectivity index (χ4n) is 2.92. The van der Waals surface area contributed by atoms with Crippen LogP contribution in [0, 0.1) is 0 Å². The van der Waals surface area contributed by atoms with Gasteiger partial charge in [-0.2, -0.15) is 0 Å². The van der Waals surface area contributed by atoms with E-state index in [-0.39, 0.29) is 5.91 Å². The van der Waals surface area contributed by atoms with Crippen molar-refractivity contribution >= 4 is 17.3 Å². The van der Waals surface area contributed by atoms with Crippen LogP contribution in [0.2, 0.25) is 0 Å². The van der Waals surface area contributed by atoms with Crippen molar-refractivity contribution in [3.05, 3.63) is 54.4 Å². The predicted octanol–water partition coefficient (Wildman–Crippen LogP) is 3.71. The molecule has 4 heteroatoms. The third kappa shape index (κ3) is 3.27. The summed E-state index contributed by atoms with van der Waals surface area (Å²) in [5.74, 6) is -0.132. The molecule has 1 aliphatic heterocycles. The average molecular weight is 295 g/mol. The summed E-state index contributed by atoms with van der Waals surface area (Å²) in [6, 6.07) is 12.2. The lowest BCUT2D eigenvalue weighted by Gasteiger charge is -2.35. The van der Waals surface area contributed by atoms with E-state index in [9.17, 15) is 4.79 Å². The number of piperidine rings is 1. The van der Waals surface area contributed by atoms with Gasteiger partial charge in [0.05, 0.1) is 5.56 Å². The third-order valence-corrected chi connectivity index (χ3v) is 4.18. The summed E-state index contributed by atoms with van der Waals surface area (Å²) in [6.07, 6.45) is 7.05. The highest BCUT2D eigenvalue weighted by Crippen LogP contribution is 2.25. The minimum atomic E-state index is -0.132. The van der Waals surface area contributed by atoms with E-state index in [1.807, 2.05) is 12.1 Å². The molecule has 3 rings (SSSR count). The first-order chi connectivity index (χ1) is 10.7. The Labute approximate surface area is 131 Å². The summed E-state index contributed by atoms with van der Waals surface area (Å²) in [4.78, 5) is 18.5. The van der Waals surface area contributed by atoms with Gasteiger partial charge in [-0.1, -0.05) is 0 Å². The van der Waals surface area contributed by atoms with Crippen LogP contribution < -0.4 is 10.2 Å². The quantitative estimate of drug-likeness (QED) is 0.938. The van der Waals surface area contributed by atoms with Crippen LogP contribution in [0.1, 0.15) is 36.5 Å². The number of anilines is 2. The number of benzene rings is 1. The summed E-state index contributed by atoms with van der Waals surface area (Å²) in [5.41, 5.74) is 2.60. The van der Waals surface area contributed by atoms with Crippen LogP contribution in [-0.2, 0) is 0 Å². The van der Waals surface area contributed by atoms with Gasteiger partial charge in [0, 0.05) is 36.4 Å². The standard InChI is InChI=1S/C18H21N3O/c1-14-5-2-3-12-21(14)17-9-7-16(8-10-17)20-18(22)15-6-4-11-19-13-15/h4,6-11,13-14H,2-3,5,12H2,1H3,(H,20,22)/t14-/m0/s1. The molecule has 1 aromatic heterocycles. The van der Waals surface area contributed by atoms with Crippen molar-refractivity contribution in [3.8, 4) is 0 Å². The second-order valence-corrected chi connectivity index (χ2v) is 5.78.